The van der Waals surface area contributed by atoms with Crippen LogP contribution in [0.3, 0.4) is 0 Å². The molecule has 1 aromatic carbocycles. The van der Waals surface area contributed by atoms with Crippen molar-refractivity contribution in [3.63, 3.8) is 0 Å². The van der Waals surface area contributed by atoms with Crippen LogP contribution in [-0.4, -0.2) is 39.8 Å². The molecule has 1 aromatic rings. The van der Waals surface area contributed by atoms with Gasteiger partial charge in [-0.05, 0) is 31.0 Å². The number of hydrogen-bond donors (Lipinski definition) is 3. The maximum atomic E-state index is 11.2. The van der Waals surface area contributed by atoms with E-state index in [0.29, 0.717) is 18.8 Å². The van der Waals surface area contributed by atoms with Gasteiger partial charge in [-0.25, -0.2) is 18.4 Å². The number of carboxylic acids is 1. The van der Waals surface area contributed by atoms with E-state index in [1.807, 2.05) is 0 Å². The molecule has 0 radical (unpaired) electrons. The Bertz CT molecular complexity index is 571. The molecular weight excluding hydrogens is 284 g/mol. The first kappa shape index (κ1) is 16.4. The lowest BCUT2D eigenvalue weighted by Crippen LogP contribution is -2.14. The molecule has 0 amide bonds. The van der Waals surface area contributed by atoms with Crippen LogP contribution in [0.25, 0.3) is 0 Å². The minimum atomic E-state index is -3.92. The van der Waals surface area contributed by atoms with Gasteiger partial charge in [0.25, 0.3) is 0 Å². The Kier molecular flexibility index (Phi) is 5.93. The van der Waals surface area contributed by atoms with E-state index in [1.165, 1.54) is 12.1 Å². The molecule has 0 aliphatic carbocycles. The van der Waals surface area contributed by atoms with Crippen molar-refractivity contribution in [2.24, 2.45) is 5.14 Å². The Morgan fingerprint density at radius 1 is 1.40 bits per heavy atom. The highest BCUT2D eigenvalue weighted by Gasteiger charge is 2.15. The van der Waals surface area contributed by atoms with Crippen LogP contribution in [0.4, 0.5) is 5.69 Å². The normalized spacial score (nSPS) is 11.3. The lowest BCUT2D eigenvalue weighted by molar-refractivity contribution is 0.0697. The molecular formula is C12H18N2O5S. The Morgan fingerprint density at radius 3 is 2.65 bits per heavy atom. The molecule has 0 atom stereocenters. The van der Waals surface area contributed by atoms with Crippen molar-refractivity contribution in [1.29, 1.82) is 0 Å². The van der Waals surface area contributed by atoms with Crippen LogP contribution < -0.4 is 10.5 Å². The van der Waals surface area contributed by atoms with Crippen molar-refractivity contribution in [2.75, 3.05) is 25.6 Å². The molecule has 0 saturated heterocycles. The predicted octanol–water partition coefficient (Wildman–Crippen LogP) is 0.871. The second kappa shape index (κ2) is 7.22. The molecule has 0 fully saturated rings. The maximum Gasteiger partial charge on any atom is 0.337 e. The van der Waals surface area contributed by atoms with Gasteiger partial charge in [-0.2, -0.15) is 0 Å². The van der Waals surface area contributed by atoms with Gasteiger partial charge in [-0.15, -0.1) is 0 Å². The second-order valence-corrected chi connectivity index (χ2v) is 5.75. The molecule has 0 bridgehead atoms. The monoisotopic (exact) mass is 302 g/mol. The zero-order chi connectivity index (χ0) is 15.2. The molecule has 112 valence electrons. The smallest absolute Gasteiger partial charge is 0.337 e. The topological polar surface area (TPSA) is 119 Å². The molecule has 20 heavy (non-hydrogen) atoms. The number of anilines is 1. The van der Waals surface area contributed by atoms with Crippen molar-refractivity contribution in [3.8, 4) is 0 Å². The highest BCUT2D eigenvalue weighted by atomic mass is 32.2. The minimum Gasteiger partial charge on any atom is -0.478 e. The van der Waals surface area contributed by atoms with Gasteiger partial charge >= 0.3 is 5.97 Å². The quantitative estimate of drug-likeness (QED) is 0.613. The first-order valence-corrected chi connectivity index (χ1v) is 7.54. The van der Waals surface area contributed by atoms with Crippen molar-refractivity contribution >= 4 is 21.7 Å². The lowest BCUT2D eigenvalue weighted by Gasteiger charge is -2.10. The van der Waals surface area contributed by atoms with Crippen LogP contribution in [0.5, 0.6) is 0 Å². The fourth-order valence-electron chi connectivity index (χ4n) is 1.63. The van der Waals surface area contributed by atoms with Gasteiger partial charge in [0.05, 0.1) is 10.5 Å². The van der Waals surface area contributed by atoms with E-state index in [4.69, 9.17) is 15.0 Å². The van der Waals surface area contributed by atoms with Crippen molar-refractivity contribution in [3.05, 3.63) is 23.8 Å². The van der Waals surface area contributed by atoms with Gasteiger partial charge in [-0.1, -0.05) is 0 Å². The largest absolute Gasteiger partial charge is 0.478 e. The number of nitrogens with one attached hydrogen (secondary N) is 1. The van der Waals surface area contributed by atoms with Gasteiger partial charge in [0.1, 0.15) is 0 Å². The zero-order valence-corrected chi connectivity index (χ0v) is 11.9. The number of primary sulfonamides is 1. The summed E-state index contributed by atoms with van der Waals surface area (Å²) in [6.07, 6.45) is 1.66. The first-order valence-electron chi connectivity index (χ1n) is 5.99. The number of hydrogen-bond acceptors (Lipinski definition) is 5. The van der Waals surface area contributed by atoms with Crippen molar-refractivity contribution in [1.82, 2.24) is 0 Å². The van der Waals surface area contributed by atoms with Gasteiger partial charge in [0.15, 0.2) is 0 Å². The molecule has 4 N–H and O–H groups in total. The summed E-state index contributed by atoms with van der Waals surface area (Å²) in [5.41, 5.74) is 0.241. The minimum absolute atomic E-state index is 0.122. The lowest BCUT2D eigenvalue weighted by atomic mass is 10.1. The van der Waals surface area contributed by atoms with Crippen LogP contribution in [0, 0.1) is 0 Å². The zero-order valence-electron chi connectivity index (χ0n) is 11.1. The number of carboxylic acid groups (broad SMARTS) is 1. The Balaban J connectivity index is 2.83. The van der Waals surface area contributed by atoms with Crippen molar-refractivity contribution in [2.45, 2.75) is 17.7 Å². The predicted molar refractivity (Wildman–Crippen MR) is 74.4 cm³/mol. The maximum absolute atomic E-state index is 11.2. The molecule has 0 unspecified atom stereocenters. The fourth-order valence-corrected chi connectivity index (χ4v) is 2.17. The fraction of sp³-hybridized carbons (Fsp3) is 0.417. The van der Waals surface area contributed by atoms with E-state index in [0.717, 1.165) is 18.9 Å². The summed E-state index contributed by atoms with van der Waals surface area (Å²) < 4.78 is 27.3. The summed E-state index contributed by atoms with van der Waals surface area (Å²) >= 11 is 0. The van der Waals surface area contributed by atoms with E-state index >= 15 is 0 Å². The molecule has 0 aliphatic heterocycles. The van der Waals surface area contributed by atoms with Crippen LogP contribution in [0.1, 0.15) is 23.2 Å². The molecule has 8 heteroatoms. The molecule has 0 spiro atoms. The SMILES string of the molecule is COCCCCNc1ccc(S(N)(=O)=O)cc1C(=O)O. The molecule has 0 heterocycles. The van der Waals surface area contributed by atoms with Gasteiger partial charge in [-0.3, -0.25) is 0 Å². The van der Waals surface area contributed by atoms with Crippen LogP contribution in [0.15, 0.2) is 23.1 Å². The summed E-state index contributed by atoms with van der Waals surface area (Å²) in [6, 6.07) is 3.73. The van der Waals surface area contributed by atoms with E-state index in [-0.39, 0.29) is 10.5 Å². The number of unbranched alkanes of at least 4 members (excludes halogenated alkanes) is 1. The molecule has 0 aromatic heterocycles. The summed E-state index contributed by atoms with van der Waals surface area (Å²) in [5, 5.41) is 17.0. The molecule has 0 aliphatic rings. The Labute approximate surface area is 117 Å². The number of nitrogens with two attached hydrogens (primary N) is 1. The van der Waals surface area contributed by atoms with Gasteiger partial charge < -0.3 is 15.2 Å². The Hall–Kier alpha value is -1.64. The van der Waals surface area contributed by atoms with E-state index in [9.17, 15) is 13.2 Å². The highest BCUT2D eigenvalue weighted by molar-refractivity contribution is 7.89. The summed E-state index contributed by atoms with van der Waals surface area (Å²) in [5.74, 6) is -1.21. The second-order valence-electron chi connectivity index (χ2n) is 4.18. The van der Waals surface area contributed by atoms with Gasteiger partial charge in [0, 0.05) is 25.9 Å². The molecule has 1 rings (SSSR count). The molecule has 7 nitrogen and oxygen atoms in total. The number of carbonyl (C=O) groups is 1. The highest BCUT2D eigenvalue weighted by Crippen LogP contribution is 2.20. The number of benzene rings is 1. The number of rotatable bonds is 8. The summed E-state index contributed by atoms with van der Waals surface area (Å²) in [7, 11) is -2.30. The van der Waals surface area contributed by atoms with Crippen LogP contribution >= 0.6 is 0 Å². The number of methoxy groups -OCH3 is 1. The number of sulfonamides is 1. The van der Waals surface area contributed by atoms with E-state index < -0.39 is 16.0 Å². The Morgan fingerprint density at radius 2 is 2.10 bits per heavy atom. The van der Waals surface area contributed by atoms with E-state index in [1.54, 1.807) is 7.11 Å². The van der Waals surface area contributed by atoms with Crippen LogP contribution in [-0.2, 0) is 14.8 Å². The number of ether oxygens (including phenoxy) is 1. The third-order valence-electron chi connectivity index (χ3n) is 2.64. The summed E-state index contributed by atoms with van der Waals surface area (Å²) in [4.78, 5) is 10.9. The van der Waals surface area contributed by atoms with Crippen LogP contribution in [0.2, 0.25) is 0 Å². The average molecular weight is 302 g/mol. The average Bonchev–Trinajstić information content (AvgIpc) is 2.37. The third-order valence-corrected chi connectivity index (χ3v) is 3.55. The summed E-state index contributed by atoms with van der Waals surface area (Å²) in [6.45, 7) is 1.20. The van der Waals surface area contributed by atoms with E-state index in [2.05, 4.69) is 5.32 Å². The third kappa shape index (κ3) is 4.80. The standard InChI is InChI=1S/C12H18N2O5S/c1-19-7-3-2-6-14-11-5-4-9(20(13,17)18)8-10(11)12(15)16/h4-5,8,14H,2-3,6-7H2,1H3,(H,15,16)(H2,13,17,18). The molecule has 0 saturated carbocycles. The number of aromatic carboxylic acids is 1. The van der Waals surface area contributed by atoms with Crippen molar-refractivity contribution < 1.29 is 23.1 Å². The van der Waals surface area contributed by atoms with Gasteiger partial charge in [0.2, 0.25) is 10.0 Å². The first-order chi connectivity index (χ1) is 9.36.